The third-order valence-corrected chi connectivity index (χ3v) is 3.71. The summed E-state index contributed by atoms with van der Waals surface area (Å²) in [5.74, 6) is -1.19. The van der Waals surface area contributed by atoms with Gasteiger partial charge >= 0.3 is 7.12 Å². The first-order chi connectivity index (χ1) is 10.5. The van der Waals surface area contributed by atoms with Gasteiger partial charge in [-0.25, -0.2) is 4.39 Å². The summed E-state index contributed by atoms with van der Waals surface area (Å²) in [4.78, 5) is 12.1. The molecule has 0 unspecified atom stereocenters. The Hall–Kier alpha value is -1.89. The van der Waals surface area contributed by atoms with E-state index in [1.807, 2.05) is 6.07 Å². The van der Waals surface area contributed by atoms with Crippen molar-refractivity contribution >= 4 is 30.1 Å². The van der Waals surface area contributed by atoms with Gasteiger partial charge in [-0.1, -0.05) is 23.7 Å². The predicted octanol–water partition coefficient (Wildman–Crippen LogP) is 1.63. The van der Waals surface area contributed by atoms with E-state index in [9.17, 15) is 14.2 Å². The van der Waals surface area contributed by atoms with Gasteiger partial charge in [0, 0.05) is 11.6 Å². The summed E-state index contributed by atoms with van der Waals surface area (Å²) >= 11 is 5.87. The lowest BCUT2D eigenvalue weighted by molar-refractivity contribution is 0.0947. The summed E-state index contributed by atoms with van der Waals surface area (Å²) in [5.41, 5.74) is 1.67. The Kier molecular flexibility index (Phi) is 4.15. The van der Waals surface area contributed by atoms with Crippen molar-refractivity contribution in [3.63, 3.8) is 0 Å². The van der Waals surface area contributed by atoms with Gasteiger partial charge in [0.1, 0.15) is 5.82 Å². The van der Waals surface area contributed by atoms with Crippen LogP contribution in [-0.2, 0) is 17.8 Å². The van der Waals surface area contributed by atoms with Crippen LogP contribution in [0.2, 0.25) is 5.02 Å². The molecule has 0 atom stereocenters. The molecule has 0 fully saturated rings. The summed E-state index contributed by atoms with van der Waals surface area (Å²) in [6, 6.07) is 9.58. The molecule has 0 spiro atoms. The molecule has 0 radical (unpaired) electrons. The van der Waals surface area contributed by atoms with E-state index in [1.165, 1.54) is 12.1 Å². The normalized spacial score (nSPS) is 13.1. The van der Waals surface area contributed by atoms with Crippen LogP contribution in [0, 0.1) is 5.82 Å². The second-order valence-electron chi connectivity index (χ2n) is 5.01. The third-order valence-electron chi connectivity index (χ3n) is 3.48. The molecule has 2 aromatic carbocycles. The number of carbonyl (C=O) groups is 1. The Bertz CT molecular complexity index is 741. The highest BCUT2D eigenvalue weighted by Gasteiger charge is 2.29. The predicted molar refractivity (Wildman–Crippen MR) is 81.4 cm³/mol. The Morgan fingerprint density at radius 3 is 3.00 bits per heavy atom. The Morgan fingerprint density at radius 2 is 2.23 bits per heavy atom. The number of nitrogens with one attached hydrogen (secondary N) is 1. The molecule has 22 heavy (non-hydrogen) atoms. The Morgan fingerprint density at radius 1 is 1.41 bits per heavy atom. The molecule has 112 valence electrons. The van der Waals surface area contributed by atoms with Crippen molar-refractivity contribution in [2.75, 3.05) is 0 Å². The molecule has 0 aliphatic carbocycles. The van der Waals surface area contributed by atoms with Gasteiger partial charge in [-0.3, -0.25) is 4.79 Å². The molecule has 7 heteroatoms. The molecule has 1 aliphatic rings. The first-order valence-electron chi connectivity index (χ1n) is 6.69. The first-order valence-corrected chi connectivity index (χ1v) is 7.07. The summed E-state index contributed by atoms with van der Waals surface area (Å²) in [7, 11) is -1.12. The van der Waals surface area contributed by atoms with E-state index in [0.29, 0.717) is 16.0 Å². The van der Waals surface area contributed by atoms with Crippen LogP contribution in [0.25, 0.3) is 0 Å². The fourth-order valence-corrected chi connectivity index (χ4v) is 2.56. The second kappa shape index (κ2) is 6.08. The lowest BCUT2D eigenvalue weighted by Crippen LogP contribution is -2.31. The average Bonchev–Trinajstić information content (AvgIpc) is 2.84. The minimum Gasteiger partial charge on any atom is -0.423 e. The van der Waals surface area contributed by atoms with Crippen LogP contribution in [0.4, 0.5) is 4.39 Å². The summed E-state index contributed by atoms with van der Waals surface area (Å²) in [5, 5.41) is 12.8. The van der Waals surface area contributed by atoms with Gasteiger partial charge in [0.25, 0.3) is 5.91 Å². The minimum absolute atomic E-state index is 0.120. The Balaban J connectivity index is 1.77. The molecule has 0 saturated heterocycles. The zero-order valence-corrected chi connectivity index (χ0v) is 12.2. The fourth-order valence-electron chi connectivity index (χ4n) is 2.34. The van der Waals surface area contributed by atoms with Gasteiger partial charge in [-0.15, -0.1) is 0 Å². The van der Waals surface area contributed by atoms with Crippen molar-refractivity contribution in [2.24, 2.45) is 0 Å². The molecule has 1 heterocycles. The van der Waals surface area contributed by atoms with Crippen molar-refractivity contribution in [2.45, 2.75) is 13.2 Å². The van der Waals surface area contributed by atoms with Crippen LogP contribution in [-0.4, -0.2) is 18.0 Å². The number of carbonyl (C=O) groups excluding carboxylic acids is 1. The highest BCUT2D eigenvalue weighted by molar-refractivity contribution is 6.61. The Labute approximate surface area is 132 Å². The SMILES string of the molecule is O=C(NCc1cccc(Cl)c1)c1cc2c(cc1F)COB2O. The van der Waals surface area contributed by atoms with Crippen LogP contribution in [0.1, 0.15) is 21.5 Å². The molecule has 3 rings (SSSR count). The van der Waals surface area contributed by atoms with Gasteiger partial charge in [0.2, 0.25) is 0 Å². The zero-order valence-electron chi connectivity index (χ0n) is 11.5. The lowest BCUT2D eigenvalue weighted by Gasteiger charge is -2.08. The maximum atomic E-state index is 14.0. The van der Waals surface area contributed by atoms with Crippen LogP contribution in [0.15, 0.2) is 36.4 Å². The van der Waals surface area contributed by atoms with Crippen molar-refractivity contribution in [3.8, 4) is 0 Å². The molecule has 2 N–H and O–H groups in total. The second-order valence-corrected chi connectivity index (χ2v) is 5.44. The fraction of sp³-hybridized carbons (Fsp3) is 0.133. The molecule has 0 aromatic heterocycles. The summed E-state index contributed by atoms with van der Waals surface area (Å²) < 4.78 is 19.0. The quantitative estimate of drug-likeness (QED) is 0.845. The van der Waals surface area contributed by atoms with Gasteiger partial charge in [-0.2, -0.15) is 0 Å². The molecule has 1 aliphatic heterocycles. The molecule has 2 aromatic rings. The van der Waals surface area contributed by atoms with Crippen LogP contribution < -0.4 is 10.8 Å². The molecular weight excluding hydrogens is 307 g/mol. The number of benzene rings is 2. The van der Waals surface area contributed by atoms with Gasteiger partial charge in [0.05, 0.1) is 12.2 Å². The van der Waals surface area contributed by atoms with Crippen molar-refractivity contribution < 1.29 is 18.9 Å². The van der Waals surface area contributed by atoms with E-state index in [4.69, 9.17) is 16.3 Å². The largest absolute Gasteiger partial charge is 0.491 e. The minimum atomic E-state index is -1.12. The van der Waals surface area contributed by atoms with Crippen LogP contribution in [0.3, 0.4) is 0 Å². The topological polar surface area (TPSA) is 58.6 Å². The summed E-state index contributed by atoms with van der Waals surface area (Å²) in [6.07, 6.45) is 0. The van der Waals surface area contributed by atoms with Crippen molar-refractivity contribution in [3.05, 3.63) is 63.9 Å². The number of hydrogen-bond acceptors (Lipinski definition) is 3. The smallest absolute Gasteiger partial charge is 0.423 e. The van der Waals surface area contributed by atoms with Gasteiger partial charge in [-0.05, 0) is 40.9 Å². The summed E-state index contributed by atoms with van der Waals surface area (Å²) in [6.45, 7) is 0.368. The van der Waals surface area contributed by atoms with Crippen LogP contribution >= 0.6 is 11.6 Å². The maximum Gasteiger partial charge on any atom is 0.491 e. The molecule has 1 amide bonds. The van der Waals surface area contributed by atoms with Gasteiger partial charge in [0.15, 0.2) is 0 Å². The maximum absolute atomic E-state index is 14.0. The zero-order chi connectivity index (χ0) is 15.7. The molecule has 4 nitrogen and oxygen atoms in total. The van der Waals surface area contributed by atoms with Crippen LogP contribution in [0.5, 0.6) is 0 Å². The monoisotopic (exact) mass is 319 g/mol. The molecule has 0 bridgehead atoms. The molecule has 0 saturated carbocycles. The van der Waals surface area contributed by atoms with Crippen molar-refractivity contribution in [1.29, 1.82) is 0 Å². The first kappa shape index (κ1) is 15.0. The number of amides is 1. The van der Waals surface area contributed by atoms with E-state index < -0.39 is 18.8 Å². The van der Waals surface area contributed by atoms with Gasteiger partial charge < -0.3 is 15.0 Å². The standard InChI is InChI=1S/C15H12BClFNO3/c17-11-3-1-2-9(4-11)7-19-15(20)12-6-13-10(5-14(12)18)8-22-16(13)21/h1-6,21H,7-8H2,(H,19,20). The lowest BCUT2D eigenvalue weighted by atomic mass is 9.78. The highest BCUT2D eigenvalue weighted by atomic mass is 35.5. The third kappa shape index (κ3) is 2.99. The van der Waals surface area contributed by atoms with E-state index in [1.54, 1.807) is 18.2 Å². The molecular formula is C15H12BClFNO3. The number of hydrogen-bond donors (Lipinski definition) is 2. The highest BCUT2D eigenvalue weighted by Crippen LogP contribution is 2.16. The number of rotatable bonds is 3. The van der Waals surface area contributed by atoms with E-state index in [2.05, 4.69) is 5.32 Å². The van der Waals surface area contributed by atoms with E-state index in [-0.39, 0.29) is 18.7 Å². The number of halogens is 2. The van der Waals surface area contributed by atoms with Crippen molar-refractivity contribution in [1.82, 2.24) is 5.32 Å². The average molecular weight is 320 g/mol. The van der Waals surface area contributed by atoms with E-state index in [0.717, 1.165) is 5.56 Å². The van der Waals surface area contributed by atoms with E-state index >= 15 is 0 Å². The number of fused-ring (bicyclic) bond motifs is 1.